The van der Waals surface area contributed by atoms with Crippen LogP contribution >= 0.6 is 0 Å². The molecule has 0 bridgehead atoms. The summed E-state index contributed by atoms with van der Waals surface area (Å²) in [5, 5.41) is 0. The SMILES string of the molecule is CC(C)n1c(C(C)(C)N2CCOCC2)nc2c(F)cccc21. The molecule has 0 unspecified atom stereocenters. The highest BCUT2D eigenvalue weighted by Gasteiger charge is 2.35. The number of hydrogen-bond acceptors (Lipinski definition) is 3. The predicted molar refractivity (Wildman–Crippen MR) is 85.5 cm³/mol. The molecule has 0 saturated carbocycles. The summed E-state index contributed by atoms with van der Waals surface area (Å²) in [6, 6.07) is 5.40. The third-order valence-electron chi connectivity index (χ3n) is 4.54. The fraction of sp³-hybridized carbons (Fsp3) is 0.588. The summed E-state index contributed by atoms with van der Waals surface area (Å²) in [6.45, 7) is 11.8. The van der Waals surface area contributed by atoms with Crippen molar-refractivity contribution in [3.8, 4) is 0 Å². The molecule has 0 atom stereocenters. The van der Waals surface area contributed by atoms with Gasteiger partial charge in [-0.3, -0.25) is 4.90 Å². The van der Waals surface area contributed by atoms with E-state index in [4.69, 9.17) is 4.74 Å². The van der Waals surface area contributed by atoms with Crippen LogP contribution in [0, 0.1) is 5.82 Å². The van der Waals surface area contributed by atoms with Gasteiger partial charge in [0.05, 0.1) is 24.3 Å². The topological polar surface area (TPSA) is 30.3 Å². The van der Waals surface area contributed by atoms with Gasteiger partial charge < -0.3 is 9.30 Å². The standard InChI is InChI=1S/C17H24FN3O/c1-12(2)21-14-7-5-6-13(18)15(14)19-16(21)17(3,4)20-8-10-22-11-9-20/h5-7,12H,8-11H2,1-4H3. The Bertz CT molecular complexity index is 672. The molecule has 0 N–H and O–H groups in total. The predicted octanol–water partition coefficient (Wildman–Crippen LogP) is 3.32. The van der Waals surface area contributed by atoms with Gasteiger partial charge in [-0.1, -0.05) is 6.07 Å². The largest absolute Gasteiger partial charge is 0.379 e. The number of nitrogens with zero attached hydrogens (tertiary/aromatic N) is 3. The molecule has 1 saturated heterocycles. The van der Waals surface area contributed by atoms with Gasteiger partial charge in [0.1, 0.15) is 11.3 Å². The fourth-order valence-electron chi connectivity index (χ4n) is 3.30. The van der Waals surface area contributed by atoms with Crippen LogP contribution in [0.5, 0.6) is 0 Å². The van der Waals surface area contributed by atoms with Crippen LogP contribution in [0.2, 0.25) is 0 Å². The number of ether oxygens (including phenoxy) is 1. The van der Waals surface area contributed by atoms with Gasteiger partial charge in [-0.25, -0.2) is 9.37 Å². The molecule has 1 fully saturated rings. The van der Waals surface area contributed by atoms with Gasteiger partial charge in [0.2, 0.25) is 0 Å². The van der Waals surface area contributed by atoms with Crippen LogP contribution in [0.3, 0.4) is 0 Å². The van der Waals surface area contributed by atoms with E-state index in [1.54, 1.807) is 6.07 Å². The Balaban J connectivity index is 2.16. The smallest absolute Gasteiger partial charge is 0.151 e. The molecule has 1 aromatic carbocycles. The lowest BCUT2D eigenvalue weighted by Gasteiger charge is -2.40. The van der Waals surface area contributed by atoms with E-state index in [0.717, 1.165) is 37.6 Å². The first-order valence-electron chi connectivity index (χ1n) is 7.92. The van der Waals surface area contributed by atoms with Crippen molar-refractivity contribution in [2.45, 2.75) is 39.3 Å². The van der Waals surface area contributed by atoms with Crippen LogP contribution in [0.1, 0.15) is 39.6 Å². The first kappa shape index (κ1) is 15.4. The molecule has 1 aromatic heterocycles. The summed E-state index contributed by atoms with van der Waals surface area (Å²) < 4.78 is 21.8. The Morgan fingerprint density at radius 1 is 1.23 bits per heavy atom. The molecule has 5 heteroatoms. The molecule has 4 nitrogen and oxygen atoms in total. The Morgan fingerprint density at radius 2 is 1.91 bits per heavy atom. The summed E-state index contributed by atoms with van der Waals surface area (Å²) in [5.74, 6) is 0.667. The average molecular weight is 305 g/mol. The molecule has 1 aliphatic heterocycles. The van der Waals surface area contributed by atoms with E-state index in [0.29, 0.717) is 5.52 Å². The number of halogens is 1. The number of morpholine rings is 1. The number of para-hydroxylation sites is 1. The van der Waals surface area contributed by atoms with Gasteiger partial charge in [0, 0.05) is 19.1 Å². The number of imidazole rings is 1. The number of hydrogen-bond donors (Lipinski definition) is 0. The third kappa shape index (κ3) is 2.42. The maximum Gasteiger partial charge on any atom is 0.151 e. The summed E-state index contributed by atoms with van der Waals surface area (Å²) in [7, 11) is 0. The molecular weight excluding hydrogens is 281 g/mol. The van der Waals surface area contributed by atoms with Crippen LogP contribution in [-0.4, -0.2) is 40.8 Å². The summed E-state index contributed by atoms with van der Waals surface area (Å²) >= 11 is 0. The number of rotatable bonds is 3. The highest BCUT2D eigenvalue weighted by atomic mass is 19.1. The molecule has 22 heavy (non-hydrogen) atoms. The normalized spacial score (nSPS) is 17.5. The zero-order valence-corrected chi connectivity index (χ0v) is 13.8. The van der Waals surface area contributed by atoms with E-state index in [1.165, 1.54) is 6.07 Å². The van der Waals surface area contributed by atoms with Crippen molar-refractivity contribution >= 4 is 11.0 Å². The van der Waals surface area contributed by atoms with Gasteiger partial charge in [0.15, 0.2) is 5.82 Å². The van der Waals surface area contributed by atoms with Gasteiger partial charge in [0.25, 0.3) is 0 Å². The molecule has 2 heterocycles. The van der Waals surface area contributed by atoms with Crippen LogP contribution in [0.25, 0.3) is 11.0 Å². The van der Waals surface area contributed by atoms with Gasteiger partial charge in [-0.05, 0) is 39.8 Å². The zero-order valence-electron chi connectivity index (χ0n) is 13.8. The lowest BCUT2D eigenvalue weighted by atomic mass is 10.0. The van der Waals surface area contributed by atoms with E-state index in [1.807, 2.05) is 6.07 Å². The van der Waals surface area contributed by atoms with Crippen LogP contribution < -0.4 is 0 Å². The third-order valence-corrected chi connectivity index (χ3v) is 4.54. The molecule has 1 aliphatic rings. The summed E-state index contributed by atoms with van der Waals surface area (Å²) in [5.41, 5.74) is 1.07. The minimum absolute atomic E-state index is 0.224. The Labute approximate surface area is 130 Å². The molecular formula is C17H24FN3O. The minimum atomic E-state index is -0.264. The van der Waals surface area contributed by atoms with Crippen molar-refractivity contribution in [2.75, 3.05) is 26.3 Å². The fourth-order valence-corrected chi connectivity index (χ4v) is 3.30. The average Bonchev–Trinajstić information content (AvgIpc) is 2.90. The minimum Gasteiger partial charge on any atom is -0.379 e. The van der Waals surface area contributed by atoms with Crippen LogP contribution in [0.4, 0.5) is 4.39 Å². The molecule has 0 amide bonds. The second-order valence-corrected chi connectivity index (χ2v) is 6.67. The van der Waals surface area contributed by atoms with E-state index >= 15 is 0 Å². The number of fused-ring (bicyclic) bond motifs is 1. The van der Waals surface area contributed by atoms with Gasteiger partial charge in [-0.15, -0.1) is 0 Å². The first-order chi connectivity index (χ1) is 10.4. The summed E-state index contributed by atoms with van der Waals surface area (Å²) in [4.78, 5) is 7.06. The second-order valence-electron chi connectivity index (χ2n) is 6.67. The molecule has 0 spiro atoms. The Morgan fingerprint density at radius 3 is 2.55 bits per heavy atom. The zero-order chi connectivity index (χ0) is 15.9. The lowest BCUT2D eigenvalue weighted by Crippen LogP contribution is -2.49. The molecule has 3 rings (SSSR count). The summed E-state index contributed by atoms with van der Waals surface area (Å²) in [6.07, 6.45) is 0. The highest BCUT2D eigenvalue weighted by molar-refractivity contribution is 5.77. The monoisotopic (exact) mass is 305 g/mol. The van der Waals surface area contributed by atoms with Crippen molar-refractivity contribution in [3.05, 3.63) is 29.8 Å². The quantitative estimate of drug-likeness (QED) is 0.871. The maximum atomic E-state index is 14.2. The van der Waals surface area contributed by atoms with Crippen LogP contribution in [0.15, 0.2) is 18.2 Å². The van der Waals surface area contributed by atoms with Crippen molar-refractivity contribution in [1.82, 2.24) is 14.5 Å². The maximum absolute atomic E-state index is 14.2. The Kier molecular flexibility index (Phi) is 3.95. The van der Waals surface area contributed by atoms with Crippen LogP contribution in [-0.2, 0) is 10.3 Å². The van der Waals surface area contributed by atoms with E-state index in [-0.39, 0.29) is 17.4 Å². The van der Waals surface area contributed by atoms with Gasteiger partial charge in [-0.2, -0.15) is 0 Å². The number of aromatic nitrogens is 2. The molecule has 0 aliphatic carbocycles. The van der Waals surface area contributed by atoms with Crippen molar-refractivity contribution in [3.63, 3.8) is 0 Å². The van der Waals surface area contributed by atoms with Crippen molar-refractivity contribution in [1.29, 1.82) is 0 Å². The lowest BCUT2D eigenvalue weighted by molar-refractivity contribution is -0.0159. The van der Waals surface area contributed by atoms with Crippen molar-refractivity contribution in [2.24, 2.45) is 0 Å². The van der Waals surface area contributed by atoms with E-state index < -0.39 is 0 Å². The molecule has 120 valence electrons. The Hall–Kier alpha value is -1.46. The molecule has 0 radical (unpaired) electrons. The second kappa shape index (κ2) is 5.63. The first-order valence-corrected chi connectivity index (χ1v) is 7.92. The van der Waals surface area contributed by atoms with Crippen molar-refractivity contribution < 1.29 is 9.13 Å². The highest BCUT2D eigenvalue weighted by Crippen LogP contribution is 2.33. The van der Waals surface area contributed by atoms with E-state index in [2.05, 4.69) is 42.1 Å². The van der Waals surface area contributed by atoms with E-state index in [9.17, 15) is 4.39 Å². The molecule has 2 aromatic rings. The van der Waals surface area contributed by atoms with Gasteiger partial charge >= 0.3 is 0 Å². The number of benzene rings is 1.